The summed E-state index contributed by atoms with van der Waals surface area (Å²) in [4.78, 5) is 0. The van der Waals surface area contributed by atoms with Crippen LogP contribution < -0.4 is 5.73 Å². The van der Waals surface area contributed by atoms with Gasteiger partial charge in [0.05, 0.1) is 12.6 Å². The van der Waals surface area contributed by atoms with Gasteiger partial charge in [-0.3, -0.25) is 0 Å². The molecule has 0 amide bonds. The molecule has 3 N–H and O–H groups in total. The Morgan fingerprint density at radius 3 is 2.77 bits per heavy atom. The van der Waals surface area contributed by atoms with Crippen LogP contribution in [0.25, 0.3) is 0 Å². The number of nitrogens with two attached hydrogens (primary N) is 1. The van der Waals surface area contributed by atoms with Crippen molar-refractivity contribution in [1.29, 1.82) is 0 Å². The molecule has 3 heteroatoms. The molecule has 1 aromatic rings. The van der Waals surface area contributed by atoms with E-state index in [1.807, 2.05) is 19.1 Å². The average Bonchev–Trinajstić information content (AvgIpc) is 2.04. The number of ether oxygens (including phenoxy) is 1. The molecule has 0 saturated carbocycles. The number of phenols is 1. The highest BCUT2D eigenvalue weighted by molar-refractivity contribution is 5.37. The monoisotopic (exact) mass is 181 g/mol. The minimum Gasteiger partial charge on any atom is -0.508 e. The molecule has 0 saturated heterocycles. The number of aromatic hydroxyl groups is 1. The van der Waals surface area contributed by atoms with Gasteiger partial charge in [0.25, 0.3) is 0 Å². The van der Waals surface area contributed by atoms with E-state index in [1.165, 1.54) is 0 Å². The SMILES string of the molecule is COC[C@@H](N)c1ccc(C)cc1O. The van der Waals surface area contributed by atoms with Crippen LogP contribution >= 0.6 is 0 Å². The van der Waals surface area contributed by atoms with Crippen LogP contribution in [0.1, 0.15) is 17.2 Å². The highest BCUT2D eigenvalue weighted by Crippen LogP contribution is 2.23. The van der Waals surface area contributed by atoms with Crippen LogP contribution in [0.5, 0.6) is 5.75 Å². The fourth-order valence-electron chi connectivity index (χ4n) is 1.24. The highest BCUT2D eigenvalue weighted by Gasteiger charge is 2.09. The van der Waals surface area contributed by atoms with Gasteiger partial charge in [0, 0.05) is 12.7 Å². The van der Waals surface area contributed by atoms with Crippen LogP contribution in [0.2, 0.25) is 0 Å². The van der Waals surface area contributed by atoms with Crippen LogP contribution in [-0.2, 0) is 4.74 Å². The molecule has 0 aliphatic rings. The quantitative estimate of drug-likeness (QED) is 0.740. The van der Waals surface area contributed by atoms with Gasteiger partial charge in [-0.25, -0.2) is 0 Å². The van der Waals surface area contributed by atoms with Gasteiger partial charge in [0.1, 0.15) is 5.75 Å². The predicted molar refractivity (Wildman–Crippen MR) is 51.6 cm³/mol. The largest absolute Gasteiger partial charge is 0.508 e. The summed E-state index contributed by atoms with van der Waals surface area (Å²) >= 11 is 0. The van der Waals surface area contributed by atoms with Crippen molar-refractivity contribution in [3.8, 4) is 5.75 Å². The van der Waals surface area contributed by atoms with E-state index in [0.717, 1.165) is 11.1 Å². The van der Waals surface area contributed by atoms with E-state index in [1.54, 1.807) is 13.2 Å². The van der Waals surface area contributed by atoms with Crippen molar-refractivity contribution in [3.63, 3.8) is 0 Å². The van der Waals surface area contributed by atoms with Gasteiger partial charge in [-0.15, -0.1) is 0 Å². The molecule has 0 aliphatic heterocycles. The summed E-state index contributed by atoms with van der Waals surface area (Å²) < 4.78 is 4.91. The topological polar surface area (TPSA) is 55.5 Å². The second-order valence-corrected chi connectivity index (χ2v) is 3.12. The summed E-state index contributed by atoms with van der Waals surface area (Å²) in [6, 6.07) is 5.19. The Kier molecular flexibility index (Phi) is 3.28. The maximum absolute atomic E-state index is 9.55. The molecule has 0 fully saturated rings. The number of benzene rings is 1. The second-order valence-electron chi connectivity index (χ2n) is 3.12. The Bertz CT molecular complexity index is 286. The molecular formula is C10H15NO2. The summed E-state index contributed by atoms with van der Waals surface area (Å²) in [5, 5.41) is 9.55. The smallest absolute Gasteiger partial charge is 0.120 e. The number of hydrogen-bond donors (Lipinski definition) is 2. The molecule has 1 rings (SSSR count). The number of hydrogen-bond acceptors (Lipinski definition) is 3. The van der Waals surface area contributed by atoms with E-state index in [9.17, 15) is 5.11 Å². The number of phenolic OH excluding ortho intramolecular Hbond substituents is 1. The molecule has 0 aromatic heterocycles. The molecule has 0 heterocycles. The first-order valence-corrected chi connectivity index (χ1v) is 4.19. The van der Waals surface area contributed by atoms with Crippen molar-refractivity contribution in [2.45, 2.75) is 13.0 Å². The van der Waals surface area contributed by atoms with Crippen LogP contribution in [0.3, 0.4) is 0 Å². The maximum atomic E-state index is 9.55. The highest BCUT2D eigenvalue weighted by atomic mass is 16.5. The molecular weight excluding hydrogens is 166 g/mol. The third kappa shape index (κ3) is 2.44. The summed E-state index contributed by atoms with van der Waals surface area (Å²) in [7, 11) is 1.59. The molecule has 0 spiro atoms. The fraction of sp³-hybridized carbons (Fsp3) is 0.400. The zero-order chi connectivity index (χ0) is 9.84. The van der Waals surface area contributed by atoms with Crippen LogP contribution in [0, 0.1) is 6.92 Å². The number of rotatable bonds is 3. The van der Waals surface area contributed by atoms with E-state index < -0.39 is 0 Å². The molecule has 72 valence electrons. The van der Waals surface area contributed by atoms with Crippen molar-refractivity contribution in [3.05, 3.63) is 29.3 Å². The van der Waals surface area contributed by atoms with Gasteiger partial charge in [-0.2, -0.15) is 0 Å². The van der Waals surface area contributed by atoms with Crippen LogP contribution in [0.4, 0.5) is 0 Å². The summed E-state index contributed by atoms with van der Waals surface area (Å²) in [6.07, 6.45) is 0. The lowest BCUT2D eigenvalue weighted by Gasteiger charge is -2.12. The Hall–Kier alpha value is -1.06. The maximum Gasteiger partial charge on any atom is 0.120 e. The molecule has 3 nitrogen and oxygen atoms in total. The molecule has 0 radical (unpaired) electrons. The molecule has 1 aromatic carbocycles. The third-order valence-electron chi connectivity index (χ3n) is 1.93. The van der Waals surface area contributed by atoms with Gasteiger partial charge < -0.3 is 15.6 Å². The van der Waals surface area contributed by atoms with Gasteiger partial charge in [0.15, 0.2) is 0 Å². The molecule has 13 heavy (non-hydrogen) atoms. The van der Waals surface area contributed by atoms with Crippen molar-refractivity contribution in [1.82, 2.24) is 0 Å². The van der Waals surface area contributed by atoms with E-state index in [2.05, 4.69) is 0 Å². The van der Waals surface area contributed by atoms with Crippen LogP contribution in [-0.4, -0.2) is 18.8 Å². The zero-order valence-electron chi connectivity index (χ0n) is 7.95. The Morgan fingerprint density at radius 2 is 2.23 bits per heavy atom. The van der Waals surface area contributed by atoms with Crippen molar-refractivity contribution in [2.75, 3.05) is 13.7 Å². The average molecular weight is 181 g/mol. The first-order chi connectivity index (χ1) is 6.15. The summed E-state index contributed by atoms with van der Waals surface area (Å²) in [5.74, 6) is 0.240. The van der Waals surface area contributed by atoms with Crippen molar-refractivity contribution in [2.24, 2.45) is 5.73 Å². The first kappa shape index (κ1) is 10.0. The lowest BCUT2D eigenvalue weighted by atomic mass is 10.1. The Labute approximate surface area is 78.1 Å². The number of aryl methyl sites for hydroxylation is 1. The van der Waals surface area contributed by atoms with E-state index in [-0.39, 0.29) is 11.8 Å². The molecule has 0 bridgehead atoms. The molecule has 1 atom stereocenters. The molecule has 0 unspecified atom stereocenters. The lowest BCUT2D eigenvalue weighted by molar-refractivity contribution is 0.180. The first-order valence-electron chi connectivity index (χ1n) is 4.19. The van der Waals surface area contributed by atoms with Gasteiger partial charge in [0.2, 0.25) is 0 Å². The van der Waals surface area contributed by atoms with Crippen LogP contribution in [0.15, 0.2) is 18.2 Å². The Morgan fingerprint density at radius 1 is 1.54 bits per heavy atom. The van der Waals surface area contributed by atoms with E-state index >= 15 is 0 Å². The molecule has 0 aliphatic carbocycles. The van der Waals surface area contributed by atoms with Crippen molar-refractivity contribution >= 4 is 0 Å². The minimum atomic E-state index is -0.259. The standard InChI is InChI=1S/C10H15NO2/c1-7-3-4-8(10(12)5-7)9(11)6-13-2/h3-5,9,12H,6,11H2,1-2H3/t9-/m1/s1. The predicted octanol–water partition coefficient (Wildman–Crippen LogP) is 1.35. The minimum absolute atomic E-state index is 0.240. The van der Waals surface area contributed by atoms with Gasteiger partial charge in [-0.1, -0.05) is 12.1 Å². The third-order valence-corrected chi connectivity index (χ3v) is 1.93. The second kappa shape index (κ2) is 4.25. The van der Waals surface area contributed by atoms with Gasteiger partial charge >= 0.3 is 0 Å². The zero-order valence-corrected chi connectivity index (χ0v) is 7.95. The fourth-order valence-corrected chi connectivity index (χ4v) is 1.24. The van der Waals surface area contributed by atoms with Gasteiger partial charge in [-0.05, 0) is 18.6 Å². The van der Waals surface area contributed by atoms with E-state index in [0.29, 0.717) is 6.61 Å². The number of methoxy groups -OCH3 is 1. The normalized spacial score (nSPS) is 12.8. The summed E-state index contributed by atoms with van der Waals surface area (Å²) in [5.41, 5.74) is 7.52. The lowest BCUT2D eigenvalue weighted by Crippen LogP contribution is -2.16. The van der Waals surface area contributed by atoms with E-state index in [4.69, 9.17) is 10.5 Å². The van der Waals surface area contributed by atoms with Crippen molar-refractivity contribution < 1.29 is 9.84 Å². The summed E-state index contributed by atoms with van der Waals surface area (Å²) in [6.45, 7) is 2.34. The Balaban J connectivity index is 2.88.